The highest BCUT2D eigenvalue weighted by Gasteiger charge is 2.19. The van der Waals surface area contributed by atoms with Crippen LogP contribution in [0.2, 0.25) is 0 Å². The molecule has 0 spiro atoms. The average molecular weight is 607 g/mol. The van der Waals surface area contributed by atoms with E-state index in [2.05, 4.69) is 102 Å². The molecule has 0 aliphatic heterocycles. The van der Waals surface area contributed by atoms with Crippen LogP contribution in [0, 0.1) is 0 Å². The van der Waals surface area contributed by atoms with Crippen LogP contribution in [-0.2, 0) is 0 Å². The van der Waals surface area contributed by atoms with Gasteiger partial charge in [-0.25, -0.2) is 15.0 Å². The molecule has 0 amide bonds. The minimum absolute atomic E-state index is 0.664. The number of rotatable bonds is 5. The Morgan fingerprint density at radius 1 is 0.413 bits per heavy atom. The minimum Gasteiger partial charge on any atom is -0.308 e. The summed E-state index contributed by atoms with van der Waals surface area (Å²) < 4.78 is 4.88. The van der Waals surface area contributed by atoms with Crippen molar-refractivity contribution in [2.45, 2.75) is 0 Å². The Bertz CT molecular complexity index is 2440. The summed E-state index contributed by atoms with van der Waals surface area (Å²) in [5, 5.41) is 2.47. The first-order valence-corrected chi connectivity index (χ1v) is 16.1. The van der Waals surface area contributed by atoms with Crippen molar-refractivity contribution in [2.24, 2.45) is 0 Å². The van der Waals surface area contributed by atoms with Crippen molar-refractivity contribution in [3.63, 3.8) is 0 Å². The van der Waals surface area contributed by atoms with Gasteiger partial charge in [-0.05, 0) is 35.4 Å². The molecule has 0 aliphatic carbocycles. The molecule has 216 valence electrons. The molecule has 0 aliphatic rings. The van der Waals surface area contributed by atoms with E-state index in [9.17, 15) is 0 Å². The molecule has 3 aromatic heterocycles. The van der Waals surface area contributed by atoms with Crippen molar-refractivity contribution >= 4 is 42.5 Å². The molecular formula is C41H26N4S. The maximum absolute atomic E-state index is 4.97. The lowest BCUT2D eigenvalue weighted by molar-refractivity contribution is 1.07. The maximum Gasteiger partial charge on any atom is 0.164 e. The average Bonchev–Trinajstić information content (AvgIpc) is 3.67. The van der Waals surface area contributed by atoms with Crippen molar-refractivity contribution in [1.29, 1.82) is 0 Å². The summed E-state index contributed by atoms with van der Waals surface area (Å²) in [6, 6.07) is 54.9. The molecule has 0 fully saturated rings. The molecule has 0 bridgehead atoms. The predicted octanol–water partition coefficient (Wildman–Crippen LogP) is 10.9. The van der Waals surface area contributed by atoms with E-state index >= 15 is 0 Å². The van der Waals surface area contributed by atoms with Crippen LogP contribution in [0.25, 0.3) is 82.2 Å². The summed E-state index contributed by atoms with van der Waals surface area (Å²) >= 11 is 1.82. The number of hydrogen-bond donors (Lipinski definition) is 0. The Morgan fingerprint density at radius 3 is 1.54 bits per heavy atom. The molecule has 9 rings (SSSR count). The molecule has 6 aromatic carbocycles. The second kappa shape index (κ2) is 10.9. The second-order valence-corrected chi connectivity index (χ2v) is 12.3. The van der Waals surface area contributed by atoms with Crippen LogP contribution in [-0.4, -0.2) is 19.5 Å². The van der Waals surface area contributed by atoms with Crippen LogP contribution < -0.4 is 0 Å². The zero-order chi connectivity index (χ0) is 30.5. The van der Waals surface area contributed by atoms with E-state index in [1.807, 2.05) is 72.0 Å². The summed E-state index contributed by atoms with van der Waals surface area (Å²) in [4.78, 5) is 14.8. The molecule has 0 unspecified atom stereocenters. The van der Waals surface area contributed by atoms with Crippen LogP contribution >= 0.6 is 11.3 Å². The van der Waals surface area contributed by atoms with Crippen molar-refractivity contribution in [3.05, 3.63) is 158 Å². The zero-order valence-electron chi connectivity index (χ0n) is 24.7. The fourth-order valence-corrected chi connectivity index (χ4v) is 7.51. The van der Waals surface area contributed by atoms with Gasteiger partial charge in [-0.2, -0.15) is 0 Å². The van der Waals surface area contributed by atoms with Gasteiger partial charge in [-0.1, -0.05) is 133 Å². The molecule has 0 saturated carbocycles. The van der Waals surface area contributed by atoms with Gasteiger partial charge in [0, 0.05) is 37.9 Å². The van der Waals surface area contributed by atoms with Crippen molar-refractivity contribution < 1.29 is 0 Å². The van der Waals surface area contributed by atoms with Gasteiger partial charge in [0.2, 0.25) is 0 Å². The van der Waals surface area contributed by atoms with Crippen molar-refractivity contribution in [1.82, 2.24) is 19.5 Å². The van der Waals surface area contributed by atoms with Crippen molar-refractivity contribution in [2.75, 3.05) is 0 Å². The molecule has 4 nitrogen and oxygen atoms in total. The number of nitrogens with zero attached hydrogens (tertiary/aromatic N) is 4. The zero-order valence-corrected chi connectivity index (χ0v) is 25.5. The lowest BCUT2D eigenvalue weighted by atomic mass is 10.1. The number of aromatic nitrogens is 4. The number of benzene rings is 6. The minimum atomic E-state index is 0.664. The van der Waals surface area contributed by atoms with E-state index in [0.717, 1.165) is 22.4 Å². The molecule has 5 heteroatoms. The SMILES string of the molecule is c1ccc(-c2ccc(-n3c4ccccc4c4sc5cc(-c6nc(-c7ccccc7)nc(-c7ccccc7)n6)ccc5c43)cc2)cc1. The molecule has 0 radical (unpaired) electrons. The number of para-hydroxylation sites is 1. The van der Waals surface area contributed by atoms with Gasteiger partial charge < -0.3 is 4.57 Å². The Balaban J connectivity index is 1.21. The van der Waals surface area contributed by atoms with E-state index in [1.54, 1.807) is 0 Å². The standard InChI is InChI=1S/C41H26N4S/c1-4-12-27(13-5-1)28-20-23-32(24-21-28)45-35-19-11-10-18-33(35)38-37(45)34-25-22-31(26-36(34)46-38)41-43-39(29-14-6-2-7-15-29)42-40(44-41)30-16-8-3-9-17-30/h1-26H. The molecule has 3 heterocycles. The topological polar surface area (TPSA) is 43.6 Å². The van der Waals surface area contributed by atoms with E-state index in [-0.39, 0.29) is 0 Å². The van der Waals surface area contributed by atoms with Crippen LogP contribution in [0.1, 0.15) is 0 Å². The number of hydrogen-bond acceptors (Lipinski definition) is 4. The molecule has 0 saturated heterocycles. The first kappa shape index (κ1) is 26.5. The normalized spacial score (nSPS) is 11.5. The van der Waals surface area contributed by atoms with Gasteiger partial charge in [-0.3, -0.25) is 0 Å². The van der Waals surface area contributed by atoms with Gasteiger partial charge in [0.25, 0.3) is 0 Å². The van der Waals surface area contributed by atoms with Crippen LogP contribution in [0.4, 0.5) is 0 Å². The highest BCUT2D eigenvalue weighted by molar-refractivity contribution is 7.26. The Morgan fingerprint density at radius 2 is 0.913 bits per heavy atom. The van der Waals surface area contributed by atoms with Crippen molar-refractivity contribution in [3.8, 4) is 51.0 Å². The molecular weight excluding hydrogens is 581 g/mol. The lowest BCUT2D eigenvalue weighted by Crippen LogP contribution is -2.00. The van der Waals surface area contributed by atoms with Gasteiger partial charge in [0.15, 0.2) is 17.5 Å². The molecule has 0 atom stereocenters. The first-order valence-electron chi connectivity index (χ1n) is 15.3. The third kappa shape index (κ3) is 4.48. The Labute approximate surface area is 269 Å². The van der Waals surface area contributed by atoms with E-state index < -0.39 is 0 Å². The van der Waals surface area contributed by atoms with Gasteiger partial charge in [-0.15, -0.1) is 11.3 Å². The summed E-state index contributed by atoms with van der Waals surface area (Å²) in [5.41, 5.74) is 8.90. The fourth-order valence-electron chi connectivity index (χ4n) is 6.25. The summed E-state index contributed by atoms with van der Waals surface area (Å²) in [7, 11) is 0. The van der Waals surface area contributed by atoms with Gasteiger partial charge in [0.05, 0.1) is 15.7 Å². The lowest BCUT2D eigenvalue weighted by Gasteiger charge is -2.10. The predicted molar refractivity (Wildman–Crippen MR) is 191 cm³/mol. The fraction of sp³-hybridized carbons (Fsp3) is 0. The highest BCUT2D eigenvalue weighted by Crippen LogP contribution is 2.43. The monoisotopic (exact) mass is 606 g/mol. The van der Waals surface area contributed by atoms with Gasteiger partial charge >= 0.3 is 0 Å². The quantitative estimate of drug-likeness (QED) is 0.196. The summed E-state index contributed by atoms with van der Waals surface area (Å²) in [5.74, 6) is 1.99. The Kier molecular flexibility index (Phi) is 6.28. The van der Waals surface area contributed by atoms with Crippen LogP contribution in [0.15, 0.2) is 158 Å². The molecule has 46 heavy (non-hydrogen) atoms. The summed E-state index contributed by atoms with van der Waals surface area (Å²) in [6.45, 7) is 0. The van der Waals surface area contributed by atoms with Gasteiger partial charge in [0.1, 0.15) is 0 Å². The first-order chi connectivity index (χ1) is 22.8. The van der Waals surface area contributed by atoms with E-state index in [1.165, 1.54) is 42.3 Å². The number of fused-ring (bicyclic) bond motifs is 5. The van der Waals surface area contributed by atoms with Crippen LogP contribution in [0.5, 0.6) is 0 Å². The third-order valence-electron chi connectivity index (χ3n) is 8.47. The Hall–Kier alpha value is -5.91. The molecule has 9 aromatic rings. The molecule has 0 N–H and O–H groups in total. The number of thiophene rings is 1. The summed E-state index contributed by atoms with van der Waals surface area (Å²) in [6.07, 6.45) is 0. The van der Waals surface area contributed by atoms with E-state index in [0.29, 0.717) is 17.5 Å². The van der Waals surface area contributed by atoms with E-state index in [4.69, 9.17) is 15.0 Å². The smallest absolute Gasteiger partial charge is 0.164 e. The highest BCUT2D eigenvalue weighted by atomic mass is 32.1. The van der Waals surface area contributed by atoms with Crippen LogP contribution in [0.3, 0.4) is 0 Å². The maximum atomic E-state index is 4.97. The largest absolute Gasteiger partial charge is 0.308 e. The third-order valence-corrected chi connectivity index (χ3v) is 9.64. The second-order valence-electron chi connectivity index (χ2n) is 11.3.